The number of rotatable bonds is 1. The largest absolute Gasteiger partial charge is 0.395 e. The lowest BCUT2D eigenvalue weighted by Crippen LogP contribution is -2.18. The molecule has 0 spiro atoms. The zero-order valence-electron chi connectivity index (χ0n) is 7.07. The van der Waals surface area contributed by atoms with Gasteiger partial charge in [0, 0.05) is 5.41 Å². The van der Waals surface area contributed by atoms with Crippen LogP contribution in [0.5, 0.6) is 0 Å². The lowest BCUT2D eigenvalue weighted by Gasteiger charge is -2.22. The predicted molar refractivity (Wildman–Crippen MR) is 42.8 cm³/mol. The van der Waals surface area contributed by atoms with E-state index in [0.29, 0.717) is 6.61 Å². The van der Waals surface area contributed by atoms with E-state index < -0.39 is 0 Å². The van der Waals surface area contributed by atoms with Crippen LogP contribution in [0, 0.1) is 5.41 Å². The number of hydrogen-bond acceptors (Lipinski definition) is 1. The number of aliphatic hydroxyl groups is 1. The van der Waals surface area contributed by atoms with Crippen molar-refractivity contribution < 1.29 is 5.11 Å². The molecule has 0 bridgehead atoms. The first kappa shape index (κ1) is 7.80. The quantitative estimate of drug-likeness (QED) is 0.553. The van der Waals surface area contributed by atoms with Gasteiger partial charge in [0.15, 0.2) is 0 Å². The van der Waals surface area contributed by atoms with Crippen LogP contribution in [0.2, 0.25) is 0 Å². The van der Waals surface area contributed by atoms with Crippen molar-refractivity contribution in [1.29, 1.82) is 0 Å². The first-order chi connectivity index (χ1) is 4.60. The third kappa shape index (κ3) is 0.988. The highest BCUT2D eigenvalue weighted by molar-refractivity contribution is 5.24. The fourth-order valence-corrected chi connectivity index (χ4v) is 1.55. The Kier molecular flexibility index (Phi) is 1.86. The molecule has 1 atom stereocenters. The van der Waals surface area contributed by atoms with Gasteiger partial charge in [-0.05, 0) is 26.7 Å². The SMILES string of the molecule is CC1=C(C)C(C)(CO)CC1. The van der Waals surface area contributed by atoms with Gasteiger partial charge in [-0.1, -0.05) is 18.1 Å². The summed E-state index contributed by atoms with van der Waals surface area (Å²) < 4.78 is 0. The first-order valence-electron chi connectivity index (χ1n) is 3.88. The second-order valence-electron chi connectivity index (χ2n) is 3.62. The molecule has 1 unspecified atom stereocenters. The van der Waals surface area contributed by atoms with E-state index in [2.05, 4.69) is 20.8 Å². The number of aliphatic hydroxyl groups excluding tert-OH is 1. The molecular formula is C9H16O. The summed E-state index contributed by atoms with van der Waals surface area (Å²) in [6, 6.07) is 0. The summed E-state index contributed by atoms with van der Waals surface area (Å²) in [5, 5.41) is 9.08. The molecule has 58 valence electrons. The Morgan fingerprint density at radius 3 is 2.30 bits per heavy atom. The molecule has 0 fully saturated rings. The second-order valence-corrected chi connectivity index (χ2v) is 3.62. The van der Waals surface area contributed by atoms with E-state index in [4.69, 9.17) is 5.11 Å². The molecule has 0 radical (unpaired) electrons. The molecule has 0 saturated heterocycles. The van der Waals surface area contributed by atoms with Crippen molar-refractivity contribution in [3.63, 3.8) is 0 Å². The van der Waals surface area contributed by atoms with Crippen molar-refractivity contribution in [3.05, 3.63) is 11.1 Å². The minimum atomic E-state index is 0.101. The summed E-state index contributed by atoms with van der Waals surface area (Å²) in [6.45, 7) is 6.74. The molecule has 0 aromatic rings. The maximum atomic E-state index is 9.08. The van der Waals surface area contributed by atoms with Gasteiger partial charge in [0.25, 0.3) is 0 Å². The molecule has 1 heteroatoms. The smallest absolute Gasteiger partial charge is 0.0522 e. The highest BCUT2D eigenvalue weighted by Gasteiger charge is 2.31. The molecule has 1 rings (SSSR count). The summed E-state index contributed by atoms with van der Waals surface area (Å²) in [4.78, 5) is 0. The van der Waals surface area contributed by atoms with E-state index in [0.717, 1.165) is 6.42 Å². The number of hydrogen-bond donors (Lipinski definition) is 1. The van der Waals surface area contributed by atoms with E-state index in [1.165, 1.54) is 17.6 Å². The third-order valence-electron chi connectivity index (χ3n) is 2.95. The maximum absolute atomic E-state index is 9.08. The lowest BCUT2D eigenvalue weighted by molar-refractivity contribution is 0.174. The fraction of sp³-hybridized carbons (Fsp3) is 0.778. The van der Waals surface area contributed by atoms with Gasteiger partial charge in [-0.2, -0.15) is 0 Å². The van der Waals surface area contributed by atoms with Gasteiger partial charge >= 0.3 is 0 Å². The monoisotopic (exact) mass is 140 g/mol. The molecule has 1 aliphatic rings. The van der Waals surface area contributed by atoms with Crippen molar-refractivity contribution in [2.75, 3.05) is 6.61 Å². The Labute approximate surface area is 62.8 Å². The third-order valence-corrected chi connectivity index (χ3v) is 2.95. The van der Waals surface area contributed by atoms with Gasteiger partial charge < -0.3 is 5.11 Å². The van der Waals surface area contributed by atoms with Gasteiger partial charge in [-0.15, -0.1) is 0 Å². The maximum Gasteiger partial charge on any atom is 0.0522 e. The summed E-state index contributed by atoms with van der Waals surface area (Å²) in [6.07, 6.45) is 2.30. The van der Waals surface area contributed by atoms with E-state index in [1.807, 2.05) is 0 Å². The molecule has 1 N–H and O–H groups in total. The summed E-state index contributed by atoms with van der Waals surface area (Å²) in [5.74, 6) is 0. The summed E-state index contributed by atoms with van der Waals surface area (Å²) in [7, 11) is 0. The van der Waals surface area contributed by atoms with Gasteiger partial charge in [0.1, 0.15) is 0 Å². The Balaban J connectivity index is 2.85. The topological polar surface area (TPSA) is 20.2 Å². The van der Waals surface area contributed by atoms with Crippen molar-refractivity contribution in [3.8, 4) is 0 Å². The van der Waals surface area contributed by atoms with Crippen LogP contribution in [-0.4, -0.2) is 11.7 Å². The predicted octanol–water partition coefficient (Wildman–Crippen LogP) is 2.12. The average Bonchev–Trinajstić information content (AvgIpc) is 2.19. The minimum absolute atomic E-state index is 0.101. The molecule has 0 aromatic heterocycles. The van der Waals surface area contributed by atoms with Crippen LogP contribution in [0.1, 0.15) is 33.6 Å². The molecule has 10 heavy (non-hydrogen) atoms. The van der Waals surface area contributed by atoms with Crippen molar-refractivity contribution in [2.45, 2.75) is 33.6 Å². The normalized spacial score (nSPS) is 33.6. The molecule has 1 aliphatic carbocycles. The summed E-state index contributed by atoms with van der Waals surface area (Å²) in [5.41, 5.74) is 2.97. The second kappa shape index (κ2) is 2.39. The van der Waals surface area contributed by atoms with Crippen LogP contribution in [0.3, 0.4) is 0 Å². The standard InChI is InChI=1S/C9H16O/c1-7-4-5-9(3,6-10)8(7)2/h10H,4-6H2,1-3H3. The van der Waals surface area contributed by atoms with Crippen molar-refractivity contribution in [2.24, 2.45) is 5.41 Å². The molecule has 1 nitrogen and oxygen atoms in total. The van der Waals surface area contributed by atoms with Crippen LogP contribution in [0.15, 0.2) is 11.1 Å². The van der Waals surface area contributed by atoms with Crippen LogP contribution in [0.4, 0.5) is 0 Å². The summed E-state index contributed by atoms with van der Waals surface area (Å²) >= 11 is 0. The average molecular weight is 140 g/mol. The zero-order chi connectivity index (χ0) is 7.78. The Morgan fingerprint density at radius 2 is 2.10 bits per heavy atom. The molecule has 0 aliphatic heterocycles. The molecule has 0 saturated carbocycles. The van der Waals surface area contributed by atoms with Crippen molar-refractivity contribution >= 4 is 0 Å². The Morgan fingerprint density at radius 1 is 1.50 bits per heavy atom. The fourth-order valence-electron chi connectivity index (χ4n) is 1.55. The Bertz CT molecular complexity index is 170. The van der Waals surface area contributed by atoms with E-state index in [9.17, 15) is 0 Å². The van der Waals surface area contributed by atoms with Gasteiger partial charge in [0.05, 0.1) is 6.61 Å². The van der Waals surface area contributed by atoms with Crippen LogP contribution in [-0.2, 0) is 0 Å². The van der Waals surface area contributed by atoms with E-state index >= 15 is 0 Å². The lowest BCUT2D eigenvalue weighted by atomic mass is 9.85. The van der Waals surface area contributed by atoms with E-state index in [1.54, 1.807) is 0 Å². The van der Waals surface area contributed by atoms with Crippen LogP contribution in [0.25, 0.3) is 0 Å². The van der Waals surface area contributed by atoms with Gasteiger partial charge in [-0.25, -0.2) is 0 Å². The highest BCUT2D eigenvalue weighted by atomic mass is 16.3. The molecule has 0 heterocycles. The van der Waals surface area contributed by atoms with Crippen molar-refractivity contribution in [1.82, 2.24) is 0 Å². The van der Waals surface area contributed by atoms with Crippen LogP contribution < -0.4 is 0 Å². The number of allylic oxidation sites excluding steroid dienone is 1. The van der Waals surface area contributed by atoms with E-state index in [-0.39, 0.29) is 5.41 Å². The zero-order valence-corrected chi connectivity index (χ0v) is 7.07. The van der Waals surface area contributed by atoms with Gasteiger partial charge in [0.2, 0.25) is 0 Å². The Hall–Kier alpha value is -0.300. The van der Waals surface area contributed by atoms with Crippen LogP contribution >= 0.6 is 0 Å². The minimum Gasteiger partial charge on any atom is -0.395 e. The highest BCUT2D eigenvalue weighted by Crippen LogP contribution is 2.41. The van der Waals surface area contributed by atoms with Gasteiger partial charge in [-0.3, -0.25) is 0 Å². The molecular weight excluding hydrogens is 124 g/mol. The molecule has 0 aromatic carbocycles. The first-order valence-corrected chi connectivity index (χ1v) is 3.88. The molecule has 0 amide bonds.